The molecule has 28 heavy (non-hydrogen) atoms. The molecular formula is C20H16ClNO6. The van der Waals surface area contributed by atoms with Gasteiger partial charge in [0.05, 0.1) is 11.9 Å². The Hall–Kier alpha value is -3.32. The van der Waals surface area contributed by atoms with Gasteiger partial charge >= 0.3 is 5.97 Å². The van der Waals surface area contributed by atoms with Crippen LogP contribution in [-0.4, -0.2) is 31.6 Å². The molecular weight excluding hydrogens is 386 g/mol. The van der Waals surface area contributed by atoms with Crippen molar-refractivity contribution in [3.63, 3.8) is 0 Å². The second kappa shape index (κ2) is 9.05. The van der Waals surface area contributed by atoms with E-state index in [-0.39, 0.29) is 29.9 Å². The molecule has 8 heteroatoms. The Morgan fingerprint density at radius 2 is 1.86 bits per heavy atom. The van der Waals surface area contributed by atoms with Crippen LogP contribution in [0.5, 0.6) is 5.75 Å². The number of rotatable bonds is 7. The lowest BCUT2D eigenvalue weighted by molar-refractivity contribution is -0.124. The zero-order chi connectivity index (χ0) is 19.9. The molecule has 0 unspecified atom stereocenters. The van der Waals surface area contributed by atoms with Gasteiger partial charge in [0.2, 0.25) is 5.76 Å². The molecule has 0 aliphatic heterocycles. The predicted octanol–water partition coefficient (Wildman–Crippen LogP) is 2.80. The number of fused-ring (bicyclic) bond motifs is 1. The molecule has 2 aromatic carbocycles. The van der Waals surface area contributed by atoms with Crippen molar-refractivity contribution >= 4 is 34.4 Å². The maximum absolute atomic E-state index is 12.1. The highest BCUT2D eigenvalue weighted by Crippen LogP contribution is 2.18. The molecule has 144 valence electrons. The van der Waals surface area contributed by atoms with Crippen LogP contribution in [0.1, 0.15) is 10.6 Å². The average molecular weight is 402 g/mol. The van der Waals surface area contributed by atoms with Gasteiger partial charge in [-0.2, -0.15) is 0 Å². The number of para-hydroxylation sites is 1. The van der Waals surface area contributed by atoms with Gasteiger partial charge in [-0.05, 0) is 30.3 Å². The number of halogens is 1. The van der Waals surface area contributed by atoms with E-state index < -0.39 is 23.9 Å². The van der Waals surface area contributed by atoms with Gasteiger partial charge in [-0.15, -0.1) is 0 Å². The van der Waals surface area contributed by atoms with Gasteiger partial charge in [-0.25, -0.2) is 4.79 Å². The second-order valence-corrected chi connectivity index (χ2v) is 6.14. The van der Waals surface area contributed by atoms with Crippen LogP contribution >= 0.6 is 11.6 Å². The molecule has 0 radical (unpaired) electrons. The third-order valence-electron chi connectivity index (χ3n) is 3.66. The third kappa shape index (κ3) is 5.11. The number of amides is 1. The average Bonchev–Trinajstić information content (AvgIpc) is 2.70. The van der Waals surface area contributed by atoms with Crippen LogP contribution in [0.4, 0.5) is 0 Å². The number of carbonyl (C=O) groups is 2. The Morgan fingerprint density at radius 3 is 2.64 bits per heavy atom. The van der Waals surface area contributed by atoms with Gasteiger partial charge in [-0.1, -0.05) is 29.8 Å². The molecule has 0 saturated carbocycles. The minimum absolute atomic E-state index is 0.200. The molecule has 3 rings (SSSR count). The van der Waals surface area contributed by atoms with Crippen LogP contribution in [0.2, 0.25) is 5.02 Å². The number of benzene rings is 2. The summed E-state index contributed by atoms with van der Waals surface area (Å²) >= 11 is 5.84. The number of carbonyl (C=O) groups excluding carboxylic acids is 2. The maximum atomic E-state index is 12.1. The largest absolute Gasteiger partial charge is 0.492 e. The van der Waals surface area contributed by atoms with Gasteiger partial charge < -0.3 is 19.2 Å². The molecule has 1 heterocycles. The Labute approximate surface area is 164 Å². The van der Waals surface area contributed by atoms with Crippen molar-refractivity contribution < 1.29 is 23.5 Å². The molecule has 0 spiro atoms. The van der Waals surface area contributed by atoms with Gasteiger partial charge in [0.15, 0.2) is 12.0 Å². The topological polar surface area (TPSA) is 94.8 Å². The first-order valence-electron chi connectivity index (χ1n) is 8.38. The Kier molecular flexibility index (Phi) is 6.29. The summed E-state index contributed by atoms with van der Waals surface area (Å²) in [6, 6.07) is 14.6. The van der Waals surface area contributed by atoms with Gasteiger partial charge in [0.25, 0.3) is 5.91 Å². The smallest absolute Gasteiger partial charge is 0.374 e. The molecule has 1 amide bonds. The molecule has 0 saturated heterocycles. The van der Waals surface area contributed by atoms with Crippen LogP contribution in [-0.2, 0) is 9.53 Å². The molecule has 1 aromatic heterocycles. The van der Waals surface area contributed by atoms with Crippen molar-refractivity contribution in [2.75, 3.05) is 19.8 Å². The van der Waals surface area contributed by atoms with Gasteiger partial charge in [0.1, 0.15) is 17.9 Å². The summed E-state index contributed by atoms with van der Waals surface area (Å²) in [6.07, 6.45) is 0. The van der Waals surface area contributed by atoms with E-state index in [1.807, 2.05) is 18.2 Å². The molecule has 1 N–H and O–H groups in total. The predicted molar refractivity (Wildman–Crippen MR) is 103 cm³/mol. The van der Waals surface area contributed by atoms with Gasteiger partial charge in [0, 0.05) is 11.1 Å². The zero-order valence-electron chi connectivity index (χ0n) is 14.6. The second-order valence-electron chi connectivity index (χ2n) is 5.70. The van der Waals surface area contributed by atoms with Crippen molar-refractivity contribution in [3.8, 4) is 5.75 Å². The minimum Gasteiger partial charge on any atom is -0.492 e. The molecule has 3 aromatic rings. The third-order valence-corrected chi connectivity index (χ3v) is 3.90. The number of ether oxygens (including phenoxy) is 2. The van der Waals surface area contributed by atoms with E-state index in [4.69, 9.17) is 25.5 Å². The summed E-state index contributed by atoms with van der Waals surface area (Å²) in [6.45, 7) is 0.00937. The van der Waals surface area contributed by atoms with Crippen molar-refractivity contribution in [2.24, 2.45) is 0 Å². The van der Waals surface area contributed by atoms with E-state index >= 15 is 0 Å². The fourth-order valence-electron chi connectivity index (χ4n) is 2.36. The van der Waals surface area contributed by atoms with E-state index in [1.165, 1.54) is 18.2 Å². The SMILES string of the molecule is O=C(COC(=O)c1cc(=O)c2cc(Cl)ccc2o1)NCCOc1ccccc1. The summed E-state index contributed by atoms with van der Waals surface area (Å²) in [5.74, 6) is -1.01. The lowest BCUT2D eigenvalue weighted by Crippen LogP contribution is -2.32. The summed E-state index contributed by atoms with van der Waals surface area (Å²) in [5.41, 5.74) is -0.232. The summed E-state index contributed by atoms with van der Waals surface area (Å²) < 4.78 is 15.7. The summed E-state index contributed by atoms with van der Waals surface area (Å²) in [7, 11) is 0. The number of nitrogens with one attached hydrogen (secondary N) is 1. The van der Waals surface area contributed by atoms with Crippen molar-refractivity contribution in [2.45, 2.75) is 0 Å². The molecule has 7 nitrogen and oxygen atoms in total. The van der Waals surface area contributed by atoms with Crippen LogP contribution in [0.25, 0.3) is 11.0 Å². The highest BCUT2D eigenvalue weighted by atomic mass is 35.5. The minimum atomic E-state index is -0.912. The van der Waals surface area contributed by atoms with Crippen molar-refractivity contribution in [1.82, 2.24) is 5.32 Å². The summed E-state index contributed by atoms with van der Waals surface area (Å²) in [5, 5.41) is 3.19. The van der Waals surface area contributed by atoms with Crippen molar-refractivity contribution in [1.29, 1.82) is 0 Å². The molecule has 0 bridgehead atoms. The first kappa shape index (κ1) is 19.4. The monoisotopic (exact) mass is 401 g/mol. The normalized spacial score (nSPS) is 10.5. The molecule has 0 atom stereocenters. The molecule has 0 aliphatic carbocycles. The fraction of sp³-hybridized carbons (Fsp3) is 0.150. The van der Waals surface area contributed by atoms with Crippen LogP contribution in [0.15, 0.2) is 63.8 Å². The maximum Gasteiger partial charge on any atom is 0.374 e. The van der Waals surface area contributed by atoms with Crippen molar-refractivity contribution in [3.05, 3.63) is 75.6 Å². The summed E-state index contributed by atoms with van der Waals surface area (Å²) in [4.78, 5) is 35.9. The Bertz CT molecular complexity index is 1050. The molecule has 0 aliphatic rings. The van der Waals surface area contributed by atoms with Gasteiger partial charge in [-0.3, -0.25) is 9.59 Å². The Balaban J connectivity index is 1.48. The van der Waals surface area contributed by atoms with E-state index in [2.05, 4.69) is 5.32 Å². The first-order chi connectivity index (χ1) is 13.5. The number of hydrogen-bond donors (Lipinski definition) is 1. The standard InChI is InChI=1S/C20H16ClNO6/c21-13-6-7-17-15(10-13)16(23)11-18(28-17)20(25)27-12-19(24)22-8-9-26-14-4-2-1-3-5-14/h1-7,10-11H,8-9,12H2,(H,22,24). The Morgan fingerprint density at radius 1 is 1.07 bits per heavy atom. The lowest BCUT2D eigenvalue weighted by atomic mass is 10.2. The van der Waals surface area contributed by atoms with Crippen LogP contribution < -0.4 is 15.5 Å². The van der Waals surface area contributed by atoms with E-state index in [0.717, 1.165) is 6.07 Å². The van der Waals surface area contributed by atoms with E-state index in [1.54, 1.807) is 12.1 Å². The number of esters is 1. The van der Waals surface area contributed by atoms with Crippen LogP contribution in [0.3, 0.4) is 0 Å². The van der Waals surface area contributed by atoms with Crippen LogP contribution in [0, 0.1) is 0 Å². The van der Waals surface area contributed by atoms with E-state index in [9.17, 15) is 14.4 Å². The lowest BCUT2D eigenvalue weighted by Gasteiger charge is -2.08. The highest BCUT2D eigenvalue weighted by molar-refractivity contribution is 6.31. The first-order valence-corrected chi connectivity index (χ1v) is 8.76. The van der Waals surface area contributed by atoms with E-state index in [0.29, 0.717) is 10.8 Å². The zero-order valence-corrected chi connectivity index (χ0v) is 15.4. The fourth-order valence-corrected chi connectivity index (χ4v) is 2.53. The molecule has 0 fully saturated rings. The quantitative estimate of drug-likeness (QED) is 0.483. The highest BCUT2D eigenvalue weighted by Gasteiger charge is 2.15. The number of hydrogen-bond acceptors (Lipinski definition) is 6.